The monoisotopic (exact) mass is 209 g/mol. The van der Waals surface area contributed by atoms with Crippen molar-refractivity contribution in [2.24, 2.45) is 0 Å². The molecule has 0 aliphatic rings. The number of rotatable bonds is 1. The molecule has 0 fully saturated rings. The van der Waals surface area contributed by atoms with Gasteiger partial charge in [-0.25, -0.2) is 0 Å². The SMILES string of the molecule is Cc1c(C)c(S)c(C)c(C(C)C)c1N. The summed E-state index contributed by atoms with van der Waals surface area (Å²) in [5.74, 6) is 0.459. The molecule has 1 aromatic carbocycles. The van der Waals surface area contributed by atoms with Crippen molar-refractivity contribution in [2.75, 3.05) is 5.73 Å². The summed E-state index contributed by atoms with van der Waals surface area (Å²) in [7, 11) is 0. The molecule has 0 saturated heterocycles. The Morgan fingerprint density at radius 1 is 1.00 bits per heavy atom. The Bertz CT molecular complexity index is 338. The van der Waals surface area contributed by atoms with Gasteiger partial charge in [0.15, 0.2) is 0 Å². The van der Waals surface area contributed by atoms with E-state index in [1.54, 1.807) is 0 Å². The van der Waals surface area contributed by atoms with E-state index in [1.165, 1.54) is 22.3 Å². The molecular weight excluding hydrogens is 190 g/mol. The van der Waals surface area contributed by atoms with Crippen LogP contribution < -0.4 is 5.73 Å². The van der Waals surface area contributed by atoms with Gasteiger partial charge in [0.05, 0.1) is 0 Å². The summed E-state index contributed by atoms with van der Waals surface area (Å²) in [5.41, 5.74) is 11.9. The van der Waals surface area contributed by atoms with E-state index >= 15 is 0 Å². The summed E-state index contributed by atoms with van der Waals surface area (Å²) in [6, 6.07) is 0. The molecule has 0 amide bonds. The number of hydrogen-bond acceptors (Lipinski definition) is 2. The maximum Gasteiger partial charge on any atom is 0.0385 e. The molecule has 0 aliphatic heterocycles. The average Bonchev–Trinajstić information content (AvgIpc) is 2.11. The van der Waals surface area contributed by atoms with Crippen molar-refractivity contribution in [3.8, 4) is 0 Å². The molecular formula is C12H19NS. The highest BCUT2D eigenvalue weighted by Crippen LogP contribution is 2.35. The molecule has 0 aliphatic carbocycles. The van der Waals surface area contributed by atoms with Crippen LogP contribution in [0, 0.1) is 20.8 Å². The number of benzene rings is 1. The van der Waals surface area contributed by atoms with E-state index in [0.29, 0.717) is 5.92 Å². The lowest BCUT2D eigenvalue weighted by molar-refractivity contribution is 0.848. The zero-order chi connectivity index (χ0) is 11.0. The van der Waals surface area contributed by atoms with E-state index in [9.17, 15) is 0 Å². The van der Waals surface area contributed by atoms with E-state index in [1.807, 2.05) is 0 Å². The molecule has 14 heavy (non-hydrogen) atoms. The van der Waals surface area contributed by atoms with Crippen LogP contribution in [0.4, 0.5) is 5.69 Å². The highest BCUT2D eigenvalue weighted by Gasteiger charge is 2.15. The second kappa shape index (κ2) is 3.85. The largest absolute Gasteiger partial charge is 0.398 e. The molecule has 0 unspecified atom stereocenters. The van der Waals surface area contributed by atoms with E-state index < -0.39 is 0 Å². The fourth-order valence-electron chi connectivity index (χ4n) is 1.94. The van der Waals surface area contributed by atoms with Crippen LogP contribution in [0.1, 0.15) is 42.0 Å². The molecule has 1 rings (SSSR count). The van der Waals surface area contributed by atoms with Gasteiger partial charge in [-0.15, -0.1) is 12.6 Å². The quantitative estimate of drug-likeness (QED) is 0.536. The number of anilines is 1. The first-order valence-corrected chi connectivity index (χ1v) is 5.40. The van der Waals surface area contributed by atoms with Crippen LogP contribution in [0.2, 0.25) is 0 Å². The molecule has 0 aromatic heterocycles. The smallest absolute Gasteiger partial charge is 0.0385 e. The van der Waals surface area contributed by atoms with Gasteiger partial charge in [0.1, 0.15) is 0 Å². The Labute approximate surface area is 92.1 Å². The minimum absolute atomic E-state index is 0.459. The first kappa shape index (κ1) is 11.4. The van der Waals surface area contributed by atoms with Crippen molar-refractivity contribution in [1.29, 1.82) is 0 Å². The van der Waals surface area contributed by atoms with Crippen LogP contribution in [-0.4, -0.2) is 0 Å². The number of thiol groups is 1. The second-order valence-electron chi connectivity index (χ2n) is 4.21. The third-order valence-electron chi connectivity index (χ3n) is 2.95. The fraction of sp³-hybridized carbons (Fsp3) is 0.500. The maximum atomic E-state index is 6.12. The Kier molecular flexibility index (Phi) is 3.15. The number of nitrogens with two attached hydrogens (primary N) is 1. The molecule has 0 radical (unpaired) electrons. The van der Waals surface area contributed by atoms with Crippen molar-refractivity contribution < 1.29 is 0 Å². The Hall–Kier alpha value is -0.630. The van der Waals surface area contributed by atoms with Gasteiger partial charge >= 0.3 is 0 Å². The molecule has 78 valence electrons. The van der Waals surface area contributed by atoms with Crippen molar-refractivity contribution >= 4 is 18.3 Å². The first-order valence-electron chi connectivity index (χ1n) is 4.96. The van der Waals surface area contributed by atoms with Gasteiger partial charge < -0.3 is 5.73 Å². The van der Waals surface area contributed by atoms with Gasteiger partial charge in [-0.3, -0.25) is 0 Å². The summed E-state index contributed by atoms with van der Waals surface area (Å²) >= 11 is 4.54. The molecule has 1 nitrogen and oxygen atoms in total. The summed E-state index contributed by atoms with van der Waals surface area (Å²) < 4.78 is 0. The highest BCUT2D eigenvalue weighted by atomic mass is 32.1. The summed E-state index contributed by atoms with van der Waals surface area (Å²) in [5, 5.41) is 0. The lowest BCUT2D eigenvalue weighted by atomic mass is 9.91. The van der Waals surface area contributed by atoms with E-state index in [2.05, 4.69) is 47.2 Å². The average molecular weight is 209 g/mol. The maximum absolute atomic E-state index is 6.12. The zero-order valence-corrected chi connectivity index (χ0v) is 10.5. The summed E-state index contributed by atoms with van der Waals surface area (Å²) in [6.07, 6.45) is 0. The van der Waals surface area contributed by atoms with Gasteiger partial charge in [-0.1, -0.05) is 13.8 Å². The first-order chi connectivity index (χ1) is 6.37. The normalized spacial score (nSPS) is 11.1. The molecule has 0 heterocycles. The van der Waals surface area contributed by atoms with Crippen LogP contribution in [0.25, 0.3) is 0 Å². The van der Waals surface area contributed by atoms with Gasteiger partial charge in [0, 0.05) is 10.6 Å². The molecule has 1 aromatic rings. The van der Waals surface area contributed by atoms with Crippen molar-refractivity contribution in [2.45, 2.75) is 45.4 Å². The van der Waals surface area contributed by atoms with Gasteiger partial charge in [-0.05, 0) is 48.9 Å². The van der Waals surface area contributed by atoms with Crippen molar-refractivity contribution in [1.82, 2.24) is 0 Å². The third kappa shape index (κ3) is 1.63. The van der Waals surface area contributed by atoms with Crippen LogP contribution in [0.15, 0.2) is 4.90 Å². The van der Waals surface area contributed by atoms with Crippen LogP contribution in [-0.2, 0) is 0 Å². The zero-order valence-electron chi connectivity index (χ0n) is 9.60. The minimum Gasteiger partial charge on any atom is -0.398 e. The van der Waals surface area contributed by atoms with Crippen LogP contribution in [0.5, 0.6) is 0 Å². The van der Waals surface area contributed by atoms with Crippen molar-refractivity contribution in [3.63, 3.8) is 0 Å². The van der Waals surface area contributed by atoms with Gasteiger partial charge in [0.25, 0.3) is 0 Å². The lowest BCUT2D eigenvalue weighted by Crippen LogP contribution is -2.05. The Morgan fingerprint density at radius 3 is 1.93 bits per heavy atom. The molecule has 0 spiro atoms. The standard InChI is InChI=1S/C12H19NS/c1-6(2)10-9(5)12(14)8(4)7(3)11(10)13/h6,14H,13H2,1-5H3. The summed E-state index contributed by atoms with van der Waals surface area (Å²) in [6.45, 7) is 10.6. The summed E-state index contributed by atoms with van der Waals surface area (Å²) in [4.78, 5) is 1.08. The predicted molar refractivity (Wildman–Crippen MR) is 66.4 cm³/mol. The number of nitrogen functional groups attached to an aromatic ring is 1. The molecule has 0 saturated carbocycles. The van der Waals surface area contributed by atoms with E-state index in [0.717, 1.165) is 10.6 Å². The van der Waals surface area contributed by atoms with Crippen LogP contribution in [0.3, 0.4) is 0 Å². The number of hydrogen-bond donors (Lipinski definition) is 2. The van der Waals surface area contributed by atoms with Gasteiger partial charge in [-0.2, -0.15) is 0 Å². The molecule has 0 atom stereocenters. The topological polar surface area (TPSA) is 26.0 Å². The Balaban J connectivity index is 3.60. The molecule has 0 bridgehead atoms. The predicted octanol–water partition coefficient (Wildman–Crippen LogP) is 3.61. The Morgan fingerprint density at radius 2 is 1.50 bits per heavy atom. The fourth-order valence-corrected chi connectivity index (χ4v) is 2.22. The lowest BCUT2D eigenvalue weighted by Gasteiger charge is -2.19. The van der Waals surface area contributed by atoms with Crippen molar-refractivity contribution in [3.05, 3.63) is 22.3 Å². The molecule has 2 N–H and O–H groups in total. The minimum atomic E-state index is 0.459. The second-order valence-corrected chi connectivity index (χ2v) is 4.65. The third-order valence-corrected chi connectivity index (χ3v) is 3.62. The molecule has 2 heteroatoms. The van der Waals surface area contributed by atoms with E-state index in [4.69, 9.17) is 5.73 Å². The highest BCUT2D eigenvalue weighted by molar-refractivity contribution is 7.80. The van der Waals surface area contributed by atoms with E-state index in [-0.39, 0.29) is 0 Å². The van der Waals surface area contributed by atoms with Crippen LogP contribution >= 0.6 is 12.6 Å². The van der Waals surface area contributed by atoms with Gasteiger partial charge in [0.2, 0.25) is 0 Å².